The first-order valence-electron chi connectivity index (χ1n) is 10.7. The second kappa shape index (κ2) is 8.39. The number of alkyl halides is 1. The average Bonchev–Trinajstić information content (AvgIpc) is 3.43. The maximum Gasteiger partial charge on any atom is 0.255 e. The van der Waals surface area contributed by atoms with Crippen molar-refractivity contribution in [3.63, 3.8) is 0 Å². The average molecular weight is 457 g/mol. The van der Waals surface area contributed by atoms with Gasteiger partial charge in [-0.25, -0.2) is 9.97 Å². The van der Waals surface area contributed by atoms with E-state index in [4.69, 9.17) is 4.98 Å². The van der Waals surface area contributed by atoms with Crippen molar-refractivity contribution in [3.8, 4) is 10.6 Å². The molecule has 2 bridgehead atoms. The van der Waals surface area contributed by atoms with Gasteiger partial charge in [-0.3, -0.25) is 14.2 Å². The number of fused-ring (bicyclic) bond motifs is 2. The smallest absolute Gasteiger partial charge is 0.255 e. The molecule has 5 rings (SSSR count). The lowest BCUT2D eigenvalue weighted by Crippen LogP contribution is -2.47. The largest absolute Gasteiger partial charge is 0.333 e. The number of aryl methyl sites for hydroxylation is 2. The van der Waals surface area contributed by atoms with Crippen LogP contribution in [0.1, 0.15) is 57.4 Å². The molecule has 0 aromatic carbocycles. The standard InChI is InChI=1S/C23H25FN4OS2/c1-13-22(31-14(2)26-13)20-12-30-21(27-20)9-17-4-3-16(11-25-17)23(29)28-18-5-6-19(28)8-15(7-18)10-24/h3-4,11-12,15,18-19H,5-10H2,1-2H3/t15?,18-,19+. The van der Waals surface area contributed by atoms with Crippen LogP contribution in [0.3, 0.4) is 0 Å². The third kappa shape index (κ3) is 4.03. The summed E-state index contributed by atoms with van der Waals surface area (Å²) in [5, 5.41) is 4.12. The Bertz CT molecular complexity index is 1080. The lowest BCUT2D eigenvalue weighted by Gasteiger charge is -2.38. The first kappa shape index (κ1) is 20.7. The van der Waals surface area contributed by atoms with Gasteiger partial charge in [0, 0.05) is 35.8 Å². The lowest BCUT2D eigenvalue weighted by molar-refractivity contribution is 0.0499. The summed E-state index contributed by atoms with van der Waals surface area (Å²) in [5.41, 5.74) is 3.51. The fourth-order valence-electron chi connectivity index (χ4n) is 4.97. The van der Waals surface area contributed by atoms with Gasteiger partial charge in [-0.1, -0.05) is 0 Å². The van der Waals surface area contributed by atoms with Crippen LogP contribution in [0.15, 0.2) is 23.7 Å². The molecule has 5 heterocycles. The molecular weight excluding hydrogens is 431 g/mol. The highest BCUT2D eigenvalue weighted by atomic mass is 32.1. The highest BCUT2D eigenvalue weighted by Gasteiger charge is 2.43. The number of nitrogens with zero attached hydrogens (tertiary/aromatic N) is 4. The molecule has 3 aromatic heterocycles. The van der Waals surface area contributed by atoms with E-state index in [2.05, 4.69) is 15.3 Å². The Morgan fingerprint density at radius 1 is 1.19 bits per heavy atom. The number of amides is 1. The number of thiazole rings is 2. The Hall–Kier alpha value is -2.19. The van der Waals surface area contributed by atoms with Gasteiger partial charge >= 0.3 is 0 Å². The monoisotopic (exact) mass is 456 g/mol. The summed E-state index contributed by atoms with van der Waals surface area (Å²) >= 11 is 3.29. The van der Waals surface area contributed by atoms with Crippen molar-refractivity contribution < 1.29 is 9.18 Å². The van der Waals surface area contributed by atoms with Gasteiger partial charge in [-0.2, -0.15) is 0 Å². The molecule has 0 aliphatic carbocycles. The number of carbonyl (C=O) groups excluding carboxylic acids is 1. The minimum atomic E-state index is -0.272. The van der Waals surface area contributed by atoms with E-state index in [1.54, 1.807) is 28.9 Å². The topological polar surface area (TPSA) is 59.0 Å². The zero-order chi connectivity index (χ0) is 21.5. The highest BCUT2D eigenvalue weighted by Crippen LogP contribution is 2.39. The number of pyridine rings is 1. The summed E-state index contributed by atoms with van der Waals surface area (Å²) in [6.45, 7) is 3.75. The van der Waals surface area contributed by atoms with Crippen LogP contribution in [0.25, 0.3) is 10.6 Å². The number of piperidine rings is 1. The second-order valence-electron chi connectivity index (χ2n) is 8.58. The van der Waals surface area contributed by atoms with Gasteiger partial charge in [0.1, 0.15) is 0 Å². The normalized spacial score (nSPS) is 22.8. The van der Waals surface area contributed by atoms with Crippen molar-refractivity contribution in [1.82, 2.24) is 19.9 Å². The van der Waals surface area contributed by atoms with E-state index in [1.165, 1.54) is 0 Å². The van der Waals surface area contributed by atoms with Crippen LogP contribution >= 0.6 is 22.7 Å². The summed E-state index contributed by atoms with van der Waals surface area (Å²) in [6.07, 6.45) is 5.88. The molecule has 0 radical (unpaired) electrons. The summed E-state index contributed by atoms with van der Waals surface area (Å²) in [7, 11) is 0. The van der Waals surface area contributed by atoms with E-state index >= 15 is 0 Å². The van der Waals surface area contributed by atoms with E-state index in [-0.39, 0.29) is 30.6 Å². The number of rotatable bonds is 5. The number of halogens is 1. The van der Waals surface area contributed by atoms with E-state index in [9.17, 15) is 9.18 Å². The Labute approximate surface area is 189 Å². The highest BCUT2D eigenvalue weighted by molar-refractivity contribution is 7.15. The van der Waals surface area contributed by atoms with E-state index in [0.717, 1.165) is 57.7 Å². The van der Waals surface area contributed by atoms with Crippen LogP contribution in [0.2, 0.25) is 0 Å². The molecule has 2 fully saturated rings. The zero-order valence-electron chi connectivity index (χ0n) is 17.7. The van der Waals surface area contributed by atoms with E-state index in [1.807, 2.05) is 30.9 Å². The van der Waals surface area contributed by atoms with Crippen LogP contribution in [0, 0.1) is 19.8 Å². The molecule has 2 aliphatic heterocycles. The molecular formula is C23H25FN4OS2. The maximum absolute atomic E-state index is 13.1. The lowest BCUT2D eigenvalue weighted by atomic mass is 9.91. The fraction of sp³-hybridized carbons (Fsp3) is 0.478. The quantitative estimate of drug-likeness (QED) is 0.528. The van der Waals surface area contributed by atoms with Crippen molar-refractivity contribution in [1.29, 1.82) is 0 Å². The summed E-state index contributed by atoms with van der Waals surface area (Å²) in [6, 6.07) is 4.15. The Morgan fingerprint density at radius 2 is 1.97 bits per heavy atom. The van der Waals surface area contributed by atoms with Gasteiger partial charge in [-0.05, 0) is 57.6 Å². The van der Waals surface area contributed by atoms with Gasteiger partial charge in [-0.15, -0.1) is 22.7 Å². The summed E-state index contributed by atoms with van der Waals surface area (Å²) in [4.78, 5) is 30.0. The van der Waals surface area contributed by atoms with Crippen LogP contribution in [0.5, 0.6) is 0 Å². The van der Waals surface area contributed by atoms with Crippen LogP contribution in [-0.2, 0) is 6.42 Å². The molecule has 0 spiro atoms. The van der Waals surface area contributed by atoms with Crippen LogP contribution in [-0.4, -0.2) is 44.5 Å². The molecule has 2 aliphatic rings. The second-order valence-corrected chi connectivity index (χ2v) is 10.7. The molecule has 3 atom stereocenters. The predicted octanol–water partition coefficient (Wildman–Crippen LogP) is 5.22. The molecule has 31 heavy (non-hydrogen) atoms. The first-order chi connectivity index (χ1) is 15.0. The molecule has 0 saturated carbocycles. The SMILES string of the molecule is Cc1nc(C)c(-c2csc(Cc3ccc(C(=O)N4[C@@H]5CC[C@H]4CC(CF)C5)cn3)n2)s1. The third-order valence-electron chi connectivity index (χ3n) is 6.38. The van der Waals surface area contributed by atoms with Crippen molar-refractivity contribution in [2.75, 3.05) is 6.67 Å². The molecule has 1 amide bonds. The van der Waals surface area contributed by atoms with Gasteiger partial charge in [0.05, 0.1) is 38.5 Å². The fourth-order valence-corrected chi connectivity index (χ4v) is 6.73. The predicted molar refractivity (Wildman–Crippen MR) is 121 cm³/mol. The minimum absolute atomic E-state index is 0.0384. The van der Waals surface area contributed by atoms with Gasteiger partial charge in [0.2, 0.25) is 0 Å². The third-order valence-corrected chi connectivity index (χ3v) is 8.32. The van der Waals surface area contributed by atoms with Crippen molar-refractivity contribution in [3.05, 3.63) is 50.7 Å². The number of hydrogen-bond acceptors (Lipinski definition) is 6. The molecule has 3 aromatic rings. The zero-order valence-corrected chi connectivity index (χ0v) is 19.3. The Balaban J connectivity index is 1.27. The van der Waals surface area contributed by atoms with Crippen LogP contribution in [0.4, 0.5) is 4.39 Å². The van der Waals surface area contributed by atoms with Gasteiger partial charge in [0.25, 0.3) is 5.91 Å². The Morgan fingerprint density at radius 3 is 2.58 bits per heavy atom. The van der Waals surface area contributed by atoms with Gasteiger partial charge in [0.15, 0.2) is 0 Å². The van der Waals surface area contributed by atoms with Crippen molar-refractivity contribution in [2.24, 2.45) is 5.92 Å². The maximum atomic E-state index is 13.1. The number of carbonyl (C=O) groups is 1. The molecule has 2 saturated heterocycles. The van der Waals surface area contributed by atoms with Crippen molar-refractivity contribution >= 4 is 28.6 Å². The minimum Gasteiger partial charge on any atom is -0.333 e. The van der Waals surface area contributed by atoms with E-state index < -0.39 is 0 Å². The summed E-state index contributed by atoms with van der Waals surface area (Å²) in [5.74, 6) is 0.152. The molecule has 1 unspecified atom stereocenters. The molecule has 0 N–H and O–H groups in total. The number of hydrogen-bond donors (Lipinski definition) is 0. The first-order valence-corrected chi connectivity index (χ1v) is 12.4. The number of aromatic nitrogens is 3. The molecule has 162 valence electrons. The summed E-state index contributed by atoms with van der Waals surface area (Å²) < 4.78 is 13.1. The molecule has 5 nitrogen and oxygen atoms in total. The molecule has 8 heteroatoms. The Kier molecular flexibility index (Phi) is 5.60. The van der Waals surface area contributed by atoms with E-state index in [0.29, 0.717) is 12.0 Å². The van der Waals surface area contributed by atoms with Crippen molar-refractivity contribution in [2.45, 2.75) is 58.0 Å². The van der Waals surface area contributed by atoms with Crippen LogP contribution < -0.4 is 0 Å². The van der Waals surface area contributed by atoms with Gasteiger partial charge < -0.3 is 4.90 Å².